The highest BCUT2D eigenvalue weighted by Gasteiger charge is 2.58. The van der Waals surface area contributed by atoms with Gasteiger partial charge in [-0.25, -0.2) is 4.57 Å². The van der Waals surface area contributed by atoms with Gasteiger partial charge in [-0.3, -0.25) is 13.8 Å². The zero-order chi connectivity index (χ0) is 55.9. The summed E-state index contributed by atoms with van der Waals surface area (Å²) in [6.45, 7) is 1.73. The summed E-state index contributed by atoms with van der Waals surface area (Å²) < 4.78 is 58.9. The largest absolute Gasteiger partial charge is 0.472 e. The van der Waals surface area contributed by atoms with Crippen LogP contribution in [0.15, 0.2) is 0 Å². The number of unbranched alkanes of at least 4 members (excludes halogenated alkanes) is 25. The van der Waals surface area contributed by atoms with Gasteiger partial charge in [-0.2, -0.15) is 0 Å². The monoisotopic (exact) mass is 1120 g/mol. The Bertz CT molecular complexity index is 1470. The molecule has 0 spiro atoms. The van der Waals surface area contributed by atoms with Crippen LogP contribution < -0.4 is 0 Å². The summed E-state index contributed by atoms with van der Waals surface area (Å²) in [4.78, 5) is 24.3. The van der Waals surface area contributed by atoms with Gasteiger partial charge >= 0.3 is 13.8 Å². The predicted molar refractivity (Wildman–Crippen MR) is 277 cm³/mol. The second-order valence-corrected chi connectivity index (χ2v) is 22.6. The minimum atomic E-state index is -5.50. The molecule has 0 aromatic carbocycles. The molecule has 18 atom stereocenters. The van der Waals surface area contributed by atoms with Crippen LogP contribution in [0.4, 0.5) is 0 Å². The van der Waals surface area contributed by atoms with Crippen molar-refractivity contribution in [1.29, 1.82) is 0 Å². The fourth-order valence-electron chi connectivity index (χ4n) is 9.87. The molecule has 22 nitrogen and oxygen atoms in total. The number of aliphatic hydroxyl groups is 11. The van der Waals surface area contributed by atoms with E-state index in [1.807, 2.05) is 0 Å². The van der Waals surface area contributed by atoms with E-state index in [0.717, 1.165) is 51.4 Å². The molecule has 1 aliphatic carbocycles. The van der Waals surface area contributed by atoms with Crippen LogP contribution in [-0.2, 0) is 46.8 Å². The third-order valence-electron chi connectivity index (χ3n) is 14.7. The molecule has 2 aliphatic heterocycles. The Labute approximate surface area is 451 Å². The molecule has 0 aromatic rings. The molecular weight excluding hydrogens is 1020 g/mol. The molecule has 23 heteroatoms. The lowest BCUT2D eigenvalue weighted by Gasteiger charge is -2.49. The molecule has 2 saturated heterocycles. The third-order valence-corrected chi connectivity index (χ3v) is 15.7. The van der Waals surface area contributed by atoms with Gasteiger partial charge in [0.1, 0.15) is 98.2 Å². The summed E-state index contributed by atoms with van der Waals surface area (Å²) >= 11 is 0. The first-order valence-corrected chi connectivity index (χ1v) is 30.4. The first-order chi connectivity index (χ1) is 36.5. The van der Waals surface area contributed by atoms with Gasteiger partial charge < -0.3 is 89.5 Å². The highest BCUT2D eigenvalue weighted by atomic mass is 31.2. The van der Waals surface area contributed by atoms with Crippen molar-refractivity contribution >= 4 is 13.8 Å². The van der Waals surface area contributed by atoms with E-state index in [1.54, 1.807) is 0 Å². The predicted octanol–water partition coefficient (Wildman–Crippen LogP) is 3.85. The number of hydrogen-bond acceptors (Lipinski definition) is 21. The van der Waals surface area contributed by atoms with E-state index >= 15 is 0 Å². The van der Waals surface area contributed by atoms with Crippen molar-refractivity contribution in [2.24, 2.45) is 0 Å². The Morgan fingerprint density at radius 3 is 1.20 bits per heavy atom. The van der Waals surface area contributed by atoms with Gasteiger partial charge in [-0.15, -0.1) is 0 Å². The summed E-state index contributed by atoms with van der Waals surface area (Å²) in [5, 5.41) is 117. The number of carbonyl (C=O) groups is 1. The van der Waals surface area contributed by atoms with Gasteiger partial charge in [0.2, 0.25) is 0 Å². The molecule has 0 radical (unpaired) electrons. The molecule has 3 fully saturated rings. The highest BCUT2D eigenvalue weighted by molar-refractivity contribution is 7.47. The van der Waals surface area contributed by atoms with Gasteiger partial charge in [0.25, 0.3) is 0 Å². The maximum absolute atomic E-state index is 14.0. The molecular formula is C53H101O22P. The Kier molecular flexibility index (Phi) is 35.9. The van der Waals surface area contributed by atoms with E-state index in [0.29, 0.717) is 12.8 Å². The molecule has 2 heterocycles. The van der Waals surface area contributed by atoms with Crippen LogP contribution in [0.3, 0.4) is 0 Å². The Morgan fingerprint density at radius 1 is 0.461 bits per heavy atom. The highest BCUT2D eigenvalue weighted by Crippen LogP contribution is 2.49. The fourth-order valence-corrected chi connectivity index (χ4v) is 10.8. The van der Waals surface area contributed by atoms with Crippen LogP contribution in [0.2, 0.25) is 0 Å². The minimum Gasteiger partial charge on any atom is -0.463 e. The second kappa shape index (κ2) is 39.4. The van der Waals surface area contributed by atoms with Crippen molar-refractivity contribution < 1.29 is 108 Å². The van der Waals surface area contributed by atoms with Gasteiger partial charge in [0.05, 0.1) is 19.8 Å². The molecule has 450 valence electrons. The topological polar surface area (TPSA) is 351 Å². The number of esters is 1. The summed E-state index contributed by atoms with van der Waals surface area (Å²) in [5.74, 6) is -0.498. The maximum Gasteiger partial charge on any atom is 0.472 e. The lowest BCUT2D eigenvalue weighted by Crippen LogP contribution is -2.69. The molecule has 0 aromatic heterocycles. The lowest BCUT2D eigenvalue weighted by molar-refractivity contribution is -0.360. The van der Waals surface area contributed by atoms with Crippen molar-refractivity contribution in [3.8, 4) is 0 Å². The van der Waals surface area contributed by atoms with Crippen molar-refractivity contribution in [2.45, 2.75) is 298 Å². The quantitative estimate of drug-likeness (QED) is 0.0234. The van der Waals surface area contributed by atoms with Crippen molar-refractivity contribution in [2.75, 3.05) is 33.0 Å². The average Bonchev–Trinajstić information content (AvgIpc) is 3.40. The number of ether oxygens (including phenoxy) is 6. The Hall–Kier alpha value is -1.06. The molecule has 0 amide bonds. The number of aliphatic hydroxyl groups excluding tert-OH is 11. The SMILES string of the molecule is CCCCCCCCCCCCCCCCO[C@H](COC(=O)CCCCCCCCCCCCCCC)COP(=O)(O)OC1C(O[C@H]2OC(CO)[C@@H](O)[C@H](O)C2O)C(O)C(O)[C@H](O)C1O[C@H]1OC(CO)[C@@H](O)C(O)[C@H]1O. The van der Waals surface area contributed by atoms with Gasteiger partial charge in [-0.05, 0) is 12.8 Å². The Morgan fingerprint density at radius 2 is 0.816 bits per heavy atom. The zero-order valence-corrected chi connectivity index (χ0v) is 46.4. The molecule has 12 N–H and O–H groups in total. The average molecular weight is 1120 g/mol. The number of hydrogen-bond donors (Lipinski definition) is 12. The summed E-state index contributed by atoms with van der Waals surface area (Å²) in [5.41, 5.74) is 0. The van der Waals surface area contributed by atoms with E-state index in [-0.39, 0.29) is 19.6 Å². The standard InChI is InChI=1S/C53H101O22P/c1-3-5-7-9-11-13-15-17-19-21-23-25-27-29-31-68-36(34-69-39(56)30-28-26-24-22-20-18-16-14-12-10-8-6-4-2)35-70-76(66,67)75-51-49(73-52-47(64)42(59)40(57)37(32-54)71-52)45(62)44(61)46(63)50(51)74-53-48(65)43(60)41(58)38(33-55)72-53/h36-38,40-55,57-65H,3-35H2,1-2H3,(H,66,67)/t36-,37?,38?,40-,41-,42+,43?,44?,45?,46+,47?,48-,49?,50?,51?,52-,53-/m1/s1. The van der Waals surface area contributed by atoms with Crippen molar-refractivity contribution in [3.05, 3.63) is 0 Å². The van der Waals surface area contributed by atoms with Crippen LogP contribution in [-0.4, -0.2) is 204 Å². The van der Waals surface area contributed by atoms with E-state index in [4.69, 9.17) is 37.5 Å². The van der Waals surface area contributed by atoms with Crippen molar-refractivity contribution in [3.63, 3.8) is 0 Å². The van der Waals surface area contributed by atoms with Gasteiger partial charge in [0.15, 0.2) is 12.6 Å². The van der Waals surface area contributed by atoms with Crippen LogP contribution in [0.1, 0.15) is 194 Å². The fraction of sp³-hybridized carbons (Fsp3) is 0.981. The van der Waals surface area contributed by atoms with Gasteiger partial charge in [-0.1, -0.05) is 174 Å². The van der Waals surface area contributed by atoms with Crippen LogP contribution in [0, 0.1) is 0 Å². The number of carbonyl (C=O) groups excluding carboxylic acids is 1. The number of rotatable bonds is 43. The van der Waals surface area contributed by atoms with Crippen LogP contribution >= 0.6 is 7.82 Å². The van der Waals surface area contributed by atoms with E-state index in [2.05, 4.69) is 13.8 Å². The molecule has 76 heavy (non-hydrogen) atoms. The Balaban J connectivity index is 1.69. The van der Waals surface area contributed by atoms with E-state index < -0.39 is 138 Å². The first kappa shape index (κ1) is 69.2. The van der Waals surface area contributed by atoms with E-state index in [9.17, 15) is 70.4 Å². The first-order valence-electron chi connectivity index (χ1n) is 28.9. The lowest BCUT2D eigenvalue weighted by atomic mass is 9.84. The number of phosphoric ester groups is 1. The van der Waals surface area contributed by atoms with E-state index in [1.165, 1.54) is 109 Å². The van der Waals surface area contributed by atoms with Crippen LogP contribution in [0.5, 0.6) is 0 Å². The summed E-state index contributed by atoms with van der Waals surface area (Å²) in [6, 6.07) is 0. The molecule has 3 aliphatic rings. The minimum absolute atomic E-state index is 0.149. The smallest absolute Gasteiger partial charge is 0.463 e. The maximum atomic E-state index is 14.0. The number of phosphoric acid groups is 1. The molecule has 3 rings (SSSR count). The molecule has 0 bridgehead atoms. The van der Waals surface area contributed by atoms with Crippen molar-refractivity contribution in [1.82, 2.24) is 0 Å². The van der Waals surface area contributed by atoms with Gasteiger partial charge in [0, 0.05) is 13.0 Å². The third kappa shape index (κ3) is 25.0. The zero-order valence-electron chi connectivity index (χ0n) is 45.5. The summed E-state index contributed by atoms with van der Waals surface area (Å²) in [7, 11) is -5.50. The molecule has 1 saturated carbocycles. The normalized spacial score (nSPS) is 32.3. The summed E-state index contributed by atoms with van der Waals surface area (Å²) in [6.07, 6.45) is -2.73. The second-order valence-electron chi connectivity index (χ2n) is 21.2. The van der Waals surface area contributed by atoms with Crippen LogP contribution in [0.25, 0.3) is 0 Å². The molecule has 10 unspecified atom stereocenters.